The topological polar surface area (TPSA) is 41.6 Å². The number of nitrogens with zero attached hydrogens (tertiary/aromatic N) is 2. The summed E-state index contributed by atoms with van der Waals surface area (Å²) in [6.07, 6.45) is 19.2. The van der Waals surface area contributed by atoms with Gasteiger partial charge in [-0.05, 0) is 39.0 Å². The molecule has 0 aromatic rings. The number of hydrogen-bond donors (Lipinski definition) is 1. The molecule has 0 spiro atoms. The summed E-state index contributed by atoms with van der Waals surface area (Å²) in [5, 5.41) is 0. The molecule has 1 heterocycles. The lowest BCUT2D eigenvalue weighted by Crippen LogP contribution is -2.41. The quantitative estimate of drug-likeness (QED) is 0.389. The molecule has 1 aliphatic heterocycles. The predicted octanol–water partition coefficient (Wildman–Crippen LogP) is 4.87. The largest absolute Gasteiger partial charge is 0.343 e. The zero-order chi connectivity index (χ0) is 16.0. The van der Waals surface area contributed by atoms with Crippen molar-refractivity contribution in [3.05, 3.63) is 12.2 Å². The number of hydrogen-bond acceptors (Lipinski definition) is 3. The van der Waals surface area contributed by atoms with Gasteiger partial charge in [-0.3, -0.25) is 4.99 Å². The Kier molecular flexibility index (Phi) is 11.1. The predicted molar refractivity (Wildman–Crippen MR) is 98.3 cm³/mol. The van der Waals surface area contributed by atoms with Crippen molar-refractivity contribution in [3.8, 4) is 0 Å². The molecule has 3 nitrogen and oxygen atoms in total. The molecule has 22 heavy (non-hydrogen) atoms. The summed E-state index contributed by atoms with van der Waals surface area (Å²) in [4.78, 5) is 6.83. The van der Waals surface area contributed by atoms with E-state index in [1.165, 1.54) is 70.0 Å². The fourth-order valence-electron chi connectivity index (χ4n) is 2.99. The minimum atomic E-state index is 0.116. The Morgan fingerprint density at radius 3 is 2.36 bits per heavy atom. The Morgan fingerprint density at radius 1 is 1.05 bits per heavy atom. The van der Waals surface area contributed by atoms with Crippen molar-refractivity contribution in [1.82, 2.24) is 4.90 Å². The number of nitrogens with two attached hydrogens (primary N) is 1. The van der Waals surface area contributed by atoms with Crippen LogP contribution in [0.15, 0.2) is 17.1 Å². The van der Waals surface area contributed by atoms with E-state index in [2.05, 4.69) is 35.9 Å². The van der Waals surface area contributed by atoms with Crippen LogP contribution in [0.1, 0.15) is 84.5 Å². The van der Waals surface area contributed by atoms with E-state index in [0.29, 0.717) is 0 Å². The molecule has 0 saturated heterocycles. The van der Waals surface area contributed by atoms with Crippen LogP contribution < -0.4 is 5.73 Å². The highest BCUT2D eigenvalue weighted by Gasteiger charge is 2.18. The zero-order valence-electron chi connectivity index (χ0n) is 14.9. The Morgan fingerprint density at radius 2 is 1.68 bits per heavy atom. The van der Waals surface area contributed by atoms with Gasteiger partial charge in [0.2, 0.25) is 0 Å². The first-order valence-electron chi connectivity index (χ1n) is 9.46. The number of aliphatic imine (C=N–C) groups is 1. The normalized spacial score (nSPS) is 16.5. The molecule has 0 fully saturated rings. The van der Waals surface area contributed by atoms with Crippen molar-refractivity contribution in [2.45, 2.75) is 90.6 Å². The summed E-state index contributed by atoms with van der Waals surface area (Å²) in [6.45, 7) is 6.26. The van der Waals surface area contributed by atoms with E-state index in [4.69, 9.17) is 5.73 Å². The molecule has 0 aliphatic carbocycles. The van der Waals surface area contributed by atoms with Gasteiger partial charge in [0.15, 0.2) is 0 Å². The molecular weight excluding hydrogens is 270 g/mol. The highest BCUT2D eigenvalue weighted by Crippen LogP contribution is 2.13. The molecule has 0 amide bonds. The average molecular weight is 308 g/mol. The van der Waals surface area contributed by atoms with Gasteiger partial charge < -0.3 is 10.6 Å². The lowest BCUT2D eigenvalue weighted by atomic mass is 10.1. The summed E-state index contributed by atoms with van der Waals surface area (Å²) in [6, 6.07) is 0. The van der Waals surface area contributed by atoms with E-state index in [0.717, 1.165) is 19.5 Å². The van der Waals surface area contributed by atoms with Crippen molar-refractivity contribution in [3.63, 3.8) is 0 Å². The molecule has 2 N–H and O–H groups in total. The maximum atomic E-state index is 5.96. The van der Waals surface area contributed by atoms with Crippen LogP contribution in [0.25, 0.3) is 0 Å². The van der Waals surface area contributed by atoms with Crippen molar-refractivity contribution in [2.24, 2.45) is 10.7 Å². The molecule has 128 valence electrons. The number of rotatable bonds is 13. The lowest BCUT2D eigenvalue weighted by Gasteiger charge is -2.24. The summed E-state index contributed by atoms with van der Waals surface area (Å²) in [5.41, 5.74) is 5.96. The van der Waals surface area contributed by atoms with Gasteiger partial charge in [0.25, 0.3) is 0 Å². The lowest BCUT2D eigenvalue weighted by molar-refractivity contribution is 0.358. The van der Waals surface area contributed by atoms with Gasteiger partial charge in [-0.1, -0.05) is 51.2 Å². The highest BCUT2D eigenvalue weighted by atomic mass is 15.3. The standard InChI is InChI=1S/C19H37N3/c1-3-4-5-6-7-8-9-10-11-12-13-14-15-19-21-16-17-22(19)18(2)20/h7-8,18H,3-6,9-17,20H2,1-2H3/b8-7+. The molecule has 1 atom stereocenters. The Bertz CT molecular complexity index is 321. The second-order valence-electron chi connectivity index (χ2n) is 6.51. The highest BCUT2D eigenvalue weighted by molar-refractivity contribution is 5.83. The zero-order valence-corrected chi connectivity index (χ0v) is 14.9. The second-order valence-corrected chi connectivity index (χ2v) is 6.51. The molecule has 1 unspecified atom stereocenters. The molecular formula is C19H37N3. The SMILES string of the molecule is CCCCC/C=C/CCCCCCCC1=NCCN1C(C)N. The van der Waals surface area contributed by atoms with Crippen LogP contribution in [0.3, 0.4) is 0 Å². The smallest absolute Gasteiger partial charge is 0.100 e. The molecule has 1 rings (SSSR count). The third-order valence-corrected chi connectivity index (χ3v) is 4.37. The van der Waals surface area contributed by atoms with Gasteiger partial charge in [-0.2, -0.15) is 0 Å². The fourth-order valence-corrected chi connectivity index (χ4v) is 2.99. The van der Waals surface area contributed by atoms with Crippen LogP contribution in [-0.2, 0) is 0 Å². The first-order valence-corrected chi connectivity index (χ1v) is 9.46. The molecule has 0 bridgehead atoms. The van der Waals surface area contributed by atoms with Gasteiger partial charge in [0.05, 0.1) is 12.7 Å². The Labute approximate surface area is 138 Å². The van der Waals surface area contributed by atoms with Crippen molar-refractivity contribution in [2.75, 3.05) is 13.1 Å². The minimum Gasteiger partial charge on any atom is -0.343 e. The van der Waals surface area contributed by atoms with Crippen LogP contribution in [0, 0.1) is 0 Å². The monoisotopic (exact) mass is 307 g/mol. The number of unbranched alkanes of at least 4 members (excludes halogenated alkanes) is 8. The fraction of sp³-hybridized carbons (Fsp3) is 0.842. The van der Waals surface area contributed by atoms with Crippen LogP contribution in [0.4, 0.5) is 0 Å². The number of allylic oxidation sites excluding steroid dienone is 2. The van der Waals surface area contributed by atoms with Crippen LogP contribution >= 0.6 is 0 Å². The van der Waals surface area contributed by atoms with Crippen LogP contribution in [0.5, 0.6) is 0 Å². The second kappa shape index (κ2) is 12.7. The van der Waals surface area contributed by atoms with E-state index >= 15 is 0 Å². The van der Waals surface area contributed by atoms with Gasteiger partial charge in [0, 0.05) is 13.0 Å². The Hall–Kier alpha value is -0.830. The van der Waals surface area contributed by atoms with Crippen molar-refractivity contribution in [1.29, 1.82) is 0 Å². The van der Waals surface area contributed by atoms with E-state index in [1.54, 1.807) is 0 Å². The van der Waals surface area contributed by atoms with Crippen molar-refractivity contribution >= 4 is 5.84 Å². The minimum absolute atomic E-state index is 0.116. The maximum absolute atomic E-state index is 5.96. The van der Waals surface area contributed by atoms with Crippen LogP contribution in [0.2, 0.25) is 0 Å². The molecule has 0 aromatic heterocycles. The molecule has 3 heteroatoms. The number of amidine groups is 1. The van der Waals surface area contributed by atoms with E-state index in [-0.39, 0.29) is 6.17 Å². The summed E-state index contributed by atoms with van der Waals surface area (Å²) < 4.78 is 0. The molecule has 0 aromatic carbocycles. The van der Waals surface area contributed by atoms with Gasteiger partial charge in [-0.15, -0.1) is 0 Å². The third-order valence-electron chi connectivity index (χ3n) is 4.37. The Balaban J connectivity index is 1.90. The van der Waals surface area contributed by atoms with Gasteiger partial charge >= 0.3 is 0 Å². The van der Waals surface area contributed by atoms with Crippen LogP contribution in [-0.4, -0.2) is 30.0 Å². The first kappa shape index (κ1) is 19.2. The molecule has 0 radical (unpaired) electrons. The summed E-state index contributed by atoms with van der Waals surface area (Å²) in [7, 11) is 0. The first-order chi connectivity index (χ1) is 10.8. The maximum Gasteiger partial charge on any atom is 0.100 e. The van der Waals surface area contributed by atoms with Gasteiger partial charge in [-0.25, -0.2) is 0 Å². The average Bonchev–Trinajstić information content (AvgIpc) is 2.97. The molecule has 0 saturated carbocycles. The molecule has 1 aliphatic rings. The third kappa shape index (κ3) is 8.57. The van der Waals surface area contributed by atoms with Crippen molar-refractivity contribution < 1.29 is 0 Å². The summed E-state index contributed by atoms with van der Waals surface area (Å²) in [5.74, 6) is 1.24. The van der Waals surface area contributed by atoms with E-state index in [1.807, 2.05) is 0 Å². The summed E-state index contributed by atoms with van der Waals surface area (Å²) >= 11 is 0. The van der Waals surface area contributed by atoms with E-state index < -0.39 is 0 Å². The van der Waals surface area contributed by atoms with Gasteiger partial charge in [0.1, 0.15) is 5.84 Å². The van der Waals surface area contributed by atoms with E-state index in [9.17, 15) is 0 Å².